The third kappa shape index (κ3) is 4.15. The van der Waals surface area contributed by atoms with Crippen molar-refractivity contribution < 1.29 is 9.05 Å². The Kier molecular flexibility index (Phi) is 5.05. The summed E-state index contributed by atoms with van der Waals surface area (Å²) in [6.07, 6.45) is 0. The summed E-state index contributed by atoms with van der Waals surface area (Å²) in [4.78, 5) is 0. The first-order valence-electron chi connectivity index (χ1n) is 4.96. The van der Waals surface area contributed by atoms with Crippen LogP contribution >= 0.6 is 29.7 Å². The second-order valence-corrected chi connectivity index (χ2v) is 6.94. The molecule has 0 bridgehead atoms. The first-order chi connectivity index (χ1) is 8.38. The van der Waals surface area contributed by atoms with Gasteiger partial charge in [0.05, 0.1) is 0 Å². The molecule has 0 fully saturated rings. The molecule has 0 heterocycles. The van der Waals surface area contributed by atoms with Gasteiger partial charge in [0.2, 0.25) is 0 Å². The highest BCUT2D eigenvalue weighted by Gasteiger charge is 2.13. The molecule has 0 saturated heterocycles. The molecular weight excluding hydrogens is 271 g/mol. The van der Waals surface area contributed by atoms with Crippen LogP contribution in [0.5, 0.6) is 11.5 Å². The normalized spacial score (nSPS) is 10.2. The number of benzene rings is 2. The zero-order valence-electron chi connectivity index (χ0n) is 8.89. The zero-order valence-corrected chi connectivity index (χ0v) is 11.5. The number of thiol groups is 1. The van der Waals surface area contributed by atoms with Crippen molar-refractivity contribution in [2.24, 2.45) is 0 Å². The van der Waals surface area contributed by atoms with E-state index in [1.54, 1.807) is 0 Å². The SMILES string of the molecule is SSP(Oc1ccccc1)Oc1ccccc1. The Hall–Kier alpha value is -0.830. The molecule has 0 aliphatic heterocycles. The second-order valence-electron chi connectivity index (χ2n) is 3.11. The van der Waals surface area contributed by atoms with Crippen LogP contribution in [0, 0.1) is 0 Å². The van der Waals surface area contributed by atoms with Crippen molar-refractivity contribution in [3.8, 4) is 11.5 Å². The number of para-hydroxylation sites is 2. The summed E-state index contributed by atoms with van der Waals surface area (Å²) >= 11 is 4.17. The summed E-state index contributed by atoms with van der Waals surface area (Å²) in [5.41, 5.74) is 0. The molecule has 2 nitrogen and oxygen atoms in total. The summed E-state index contributed by atoms with van der Waals surface area (Å²) in [5.74, 6) is 1.58. The molecule has 88 valence electrons. The van der Waals surface area contributed by atoms with Gasteiger partial charge in [-0.15, -0.1) is 11.7 Å². The van der Waals surface area contributed by atoms with Gasteiger partial charge in [0, 0.05) is 10.4 Å². The molecule has 0 spiro atoms. The van der Waals surface area contributed by atoms with Crippen molar-refractivity contribution >= 4 is 29.7 Å². The van der Waals surface area contributed by atoms with Crippen molar-refractivity contribution in [2.75, 3.05) is 0 Å². The Morgan fingerprint density at radius 3 is 1.53 bits per heavy atom. The number of hydrogen-bond donors (Lipinski definition) is 1. The largest absolute Gasteiger partial charge is 0.430 e. The average molecular weight is 282 g/mol. The smallest absolute Gasteiger partial charge is 0.371 e. The Balaban J connectivity index is 1.98. The maximum atomic E-state index is 5.70. The minimum absolute atomic E-state index is 0.788. The van der Waals surface area contributed by atoms with E-state index in [1.807, 2.05) is 60.7 Å². The number of rotatable bonds is 5. The van der Waals surface area contributed by atoms with Gasteiger partial charge in [-0.25, -0.2) is 0 Å². The third-order valence-electron chi connectivity index (χ3n) is 1.91. The van der Waals surface area contributed by atoms with E-state index >= 15 is 0 Å². The van der Waals surface area contributed by atoms with Crippen molar-refractivity contribution in [1.82, 2.24) is 0 Å². The van der Waals surface area contributed by atoms with Gasteiger partial charge in [-0.1, -0.05) is 36.4 Å². The van der Waals surface area contributed by atoms with Gasteiger partial charge in [0.15, 0.2) is 0 Å². The predicted molar refractivity (Wildman–Crippen MR) is 77.6 cm³/mol. The predicted octanol–water partition coefficient (Wildman–Crippen LogP) is 4.95. The lowest BCUT2D eigenvalue weighted by molar-refractivity contribution is 0.510. The Labute approximate surface area is 111 Å². The molecule has 0 atom stereocenters. The van der Waals surface area contributed by atoms with Crippen LogP contribution in [0.4, 0.5) is 0 Å². The van der Waals surface area contributed by atoms with E-state index < -0.39 is 7.58 Å². The Morgan fingerprint density at radius 1 is 0.765 bits per heavy atom. The lowest BCUT2D eigenvalue weighted by Crippen LogP contribution is -1.91. The fraction of sp³-hybridized carbons (Fsp3) is 0. The number of hydrogen-bond acceptors (Lipinski definition) is 4. The van der Waals surface area contributed by atoms with Gasteiger partial charge in [-0.2, -0.15) is 0 Å². The van der Waals surface area contributed by atoms with Gasteiger partial charge in [-0.3, -0.25) is 0 Å². The standard InChI is InChI=1S/C12H11O2PS2/c16-17-15(13-11-7-3-1-4-8-11)14-12-9-5-2-6-10-12/h1-10,16H. The molecule has 2 rings (SSSR count). The molecule has 0 saturated carbocycles. The van der Waals surface area contributed by atoms with E-state index in [4.69, 9.17) is 9.05 Å². The van der Waals surface area contributed by atoms with Crippen molar-refractivity contribution in [3.63, 3.8) is 0 Å². The van der Waals surface area contributed by atoms with E-state index in [2.05, 4.69) is 11.7 Å². The molecule has 0 aliphatic rings. The van der Waals surface area contributed by atoms with E-state index in [1.165, 1.54) is 10.4 Å². The third-order valence-corrected chi connectivity index (χ3v) is 4.81. The lowest BCUT2D eigenvalue weighted by atomic mass is 10.3. The van der Waals surface area contributed by atoms with Gasteiger partial charge >= 0.3 is 7.58 Å². The maximum Gasteiger partial charge on any atom is 0.371 e. The van der Waals surface area contributed by atoms with Crippen molar-refractivity contribution in [1.29, 1.82) is 0 Å². The summed E-state index contributed by atoms with van der Waals surface area (Å²) in [6, 6.07) is 19.2. The van der Waals surface area contributed by atoms with Crippen LogP contribution in [0.1, 0.15) is 0 Å². The van der Waals surface area contributed by atoms with Gasteiger partial charge in [-0.05, 0) is 24.3 Å². The van der Waals surface area contributed by atoms with Crippen LogP contribution in [-0.2, 0) is 0 Å². The monoisotopic (exact) mass is 282 g/mol. The van der Waals surface area contributed by atoms with E-state index in [0.29, 0.717) is 0 Å². The molecule has 0 aliphatic carbocycles. The van der Waals surface area contributed by atoms with Crippen LogP contribution in [0.2, 0.25) is 0 Å². The van der Waals surface area contributed by atoms with E-state index in [0.717, 1.165) is 11.5 Å². The molecule has 0 radical (unpaired) electrons. The molecule has 2 aromatic carbocycles. The summed E-state index contributed by atoms with van der Waals surface area (Å²) in [7, 11) is 0.144. The molecule has 0 N–H and O–H groups in total. The molecule has 0 aromatic heterocycles. The van der Waals surface area contributed by atoms with Crippen LogP contribution in [0.25, 0.3) is 0 Å². The van der Waals surface area contributed by atoms with Gasteiger partial charge < -0.3 is 9.05 Å². The summed E-state index contributed by atoms with van der Waals surface area (Å²) < 4.78 is 11.4. The van der Waals surface area contributed by atoms with Crippen LogP contribution in [0.15, 0.2) is 60.7 Å². The molecule has 5 heteroatoms. The van der Waals surface area contributed by atoms with Crippen LogP contribution in [-0.4, -0.2) is 0 Å². The minimum atomic E-state index is -1.13. The topological polar surface area (TPSA) is 18.5 Å². The lowest BCUT2D eigenvalue weighted by Gasteiger charge is -2.15. The first-order valence-corrected chi connectivity index (χ1v) is 8.61. The average Bonchev–Trinajstić information content (AvgIpc) is 2.40. The first kappa shape index (κ1) is 12.6. The molecule has 17 heavy (non-hydrogen) atoms. The van der Waals surface area contributed by atoms with Crippen molar-refractivity contribution in [3.05, 3.63) is 60.7 Å². The van der Waals surface area contributed by atoms with Crippen molar-refractivity contribution in [2.45, 2.75) is 0 Å². The summed E-state index contributed by atoms with van der Waals surface area (Å²) in [5, 5.41) is 0. The van der Waals surface area contributed by atoms with Crippen LogP contribution in [0.3, 0.4) is 0 Å². The highest BCUT2D eigenvalue weighted by molar-refractivity contribution is 8.92. The Morgan fingerprint density at radius 2 is 1.18 bits per heavy atom. The minimum Gasteiger partial charge on any atom is -0.430 e. The van der Waals surface area contributed by atoms with E-state index in [-0.39, 0.29) is 0 Å². The molecule has 0 unspecified atom stereocenters. The van der Waals surface area contributed by atoms with Gasteiger partial charge in [0.1, 0.15) is 11.5 Å². The quantitative estimate of drug-likeness (QED) is 0.475. The zero-order chi connectivity index (χ0) is 11.9. The maximum absolute atomic E-state index is 5.70. The van der Waals surface area contributed by atoms with Gasteiger partial charge in [0.25, 0.3) is 0 Å². The fourth-order valence-electron chi connectivity index (χ4n) is 1.19. The molecular formula is C12H11O2PS2. The van der Waals surface area contributed by atoms with E-state index in [9.17, 15) is 0 Å². The molecule has 0 amide bonds. The second kappa shape index (κ2) is 6.80. The summed E-state index contributed by atoms with van der Waals surface area (Å²) in [6.45, 7) is 0. The molecule has 2 aromatic rings. The fourth-order valence-corrected chi connectivity index (χ4v) is 3.19. The van der Waals surface area contributed by atoms with Crippen LogP contribution < -0.4 is 9.05 Å². The Bertz CT molecular complexity index is 397. The highest BCUT2D eigenvalue weighted by Crippen LogP contribution is 2.53. The highest BCUT2D eigenvalue weighted by atomic mass is 33.3.